The van der Waals surface area contributed by atoms with E-state index in [0.29, 0.717) is 6.54 Å². The van der Waals surface area contributed by atoms with Crippen LogP contribution in [0.4, 0.5) is 11.7 Å². The van der Waals surface area contributed by atoms with Crippen LogP contribution in [0.1, 0.15) is 26.6 Å². The monoisotopic (exact) mass is 323 g/mol. The highest BCUT2D eigenvalue weighted by molar-refractivity contribution is 6.06. The van der Waals surface area contributed by atoms with Crippen molar-refractivity contribution in [3.8, 4) is 0 Å². The molecule has 2 aromatic heterocycles. The zero-order chi connectivity index (χ0) is 16.5. The molecule has 0 aliphatic carbocycles. The second-order valence-electron chi connectivity index (χ2n) is 5.30. The molecule has 1 aliphatic rings. The molecule has 4 rings (SSSR count). The van der Waals surface area contributed by atoms with E-state index in [9.17, 15) is 9.59 Å². The molecule has 0 unspecified atom stereocenters. The Bertz CT molecular complexity index is 898. The molecule has 7 heteroatoms. The molecule has 0 atom stereocenters. The minimum absolute atomic E-state index is 0.0489. The largest absolute Gasteiger partial charge is 0.459 e. The van der Waals surface area contributed by atoms with Crippen molar-refractivity contribution >= 4 is 23.5 Å². The van der Waals surface area contributed by atoms with E-state index < -0.39 is 5.91 Å². The van der Waals surface area contributed by atoms with E-state index in [4.69, 9.17) is 8.83 Å². The summed E-state index contributed by atoms with van der Waals surface area (Å²) in [5.74, 6) is -0.621. The van der Waals surface area contributed by atoms with Gasteiger partial charge in [-0.1, -0.05) is 18.2 Å². The van der Waals surface area contributed by atoms with Gasteiger partial charge in [-0.05, 0) is 30.2 Å². The molecule has 0 saturated heterocycles. The van der Waals surface area contributed by atoms with Crippen LogP contribution in [-0.2, 0) is 6.42 Å². The lowest BCUT2D eigenvalue weighted by molar-refractivity contribution is 0.0979. The average molecular weight is 323 g/mol. The molecule has 24 heavy (non-hydrogen) atoms. The molecule has 1 aliphatic heterocycles. The van der Waals surface area contributed by atoms with Crippen molar-refractivity contribution in [2.75, 3.05) is 16.8 Å². The molecule has 3 aromatic rings. The molecule has 0 fully saturated rings. The Labute approximate surface area is 136 Å². The lowest BCUT2D eigenvalue weighted by Gasteiger charge is -2.15. The van der Waals surface area contributed by atoms with Gasteiger partial charge in [-0.2, -0.15) is 4.98 Å². The summed E-state index contributed by atoms with van der Waals surface area (Å²) >= 11 is 0. The first-order chi connectivity index (χ1) is 11.7. The fourth-order valence-electron chi connectivity index (χ4n) is 2.68. The lowest BCUT2D eigenvalue weighted by Crippen LogP contribution is -2.29. The van der Waals surface area contributed by atoms with Gasteiger partial charge in [0.1, 0.15) is 6.26 Å². The molecular weight excluding hydrogens is 310 g/mol. The van der Waals surface area contributed by atoms with E-state index in [1.54, 1.807) is 11.0 Å². The summed E-state index contributed by atoms with van der Waals surface area (Å²) in [6, 6.07) is 10.8. The maximum Gasteiger partial charge on any atom is 0.302 e. The molecule has 2 amide bonds. The zero-order valence-corrected chi connectivity index (χ0v) is 12.6. The predicted molar refractivity (Wildman–Crippen MR) is 85.0 cm³/mol. The number of fused-ring (bicyclic) bond motifs is 1. The summed E-state index contributed by atoms with van der Waals surface area (Å²) in [6.45, 7) is 0.596. The minimum atomic E-state index is -0.493. The molecule has 1 N–H and O–H groups in total. The number of nitrogens with zero attached hydrogens (tertiary/aromatic N) is 2. The fraction of sp³-hybridized carbons (Fsp3) is 0.118. The number of oxazole rings is 1. The topological polar surface area (TPSA) is 88.6 Å². The van der Waals surface area contributed by atoms with Gasteiger partial charge in [0.15, 0.2) is 11.5 Å². The summed E-state index contributed by atoms with van der Waals surface area (Å²) < 4.78 is 10.2. The molecule has 0 spiro atoms. The van der Waals surface area contributed by atoms with Gasteiger partial charge in [-0.15, -0.1) is 0 Å². The Morgan fingerprint density at radius 3 is 2.83 bits per heavy atom. The first-order valence-electron chi connectivity index (χ1n) is 7.42. The first kappa shape index (κ1) is 14.3. The molecule has 0 saturated carbocycles. The van der Waals surface area contributed by atoms with Gasteiger partial charge in [-0.25, -0.2) is 0 Å². The number of hydrogen-bond donors (Lipinski definition) is 1. The predicted octanol–water partition coefficient (Wildman–Crippen LogP) is 2.72. The Hall–Kier alpha value is -3.35. The van der Waals surface area contributed by atoms with Gasteiger partial charge in [0, 0.05) is 12.2 Å². The highest BCUT2D eigenvalue weighted by Crippen LogP contribution is 2.28. The molecule has 0 radical (unpaired) electrons. The number of furan rings is 1. The van der Waals surface area contributed by atoms with Gasteiger partial charge >= 0.3 is 6.01 Å². The van der Waals surface area contributed by atoms with E-state index >= 15 is 0 Å². The van der Waals surface area contributed by atoms with E-state index in [-0.39, 0.29) is 23.4 Å². The summed E-state index contributed by atoms with van der Waals surface area (Å²) in [7, 11) is 0. The maximum atomic E-state index is 12.6. The second-order valence-corrected chi connectivity index (χ2v) is 5.30. The van der Waals surface area contributed by atoms with Crippen LogP contribution in [0.15, 0.2) is 57.8 Å². The number of hydrogen-bond acceptors (Lipinski definition) is 5. The second kappa shape index (κ2) is 5.69. The number of carbonyl (C=O) groups excluding carboxylic acids is 2. The number of benzene rings is 1. The van der Waals surface area contributed by atoms with Crippen molar-refractivity contribution < 1.29 is 18.4 Å². The van der Waals surface area contributed by atoms with Crippen LogP contribution >= 0.6 is 0 Å². The molecule has 0 bridgehead atoms. The van der Waals surface area contributed by atoms with Crippen LogP contribution < -0.4 is 10.2 Å². The number of nitrogens with one attached hydrogen (secondary N) is 1. The lowest BCUT2D eigenvalue weighted by atomic mass is 10.2. The number of amides is 2. The normalized spacial score (nSPS) is 12.9. The van der Waals surface area contributed by atoms with Crippen molar-refractivity contribution in [3.63, 3.8) is 0 Å². The third-order valence-corrected chi connectivity index (χ3v) is 3.82. The average Bonchev–Trinajstić information content (AvgIpc) is 3.34. The fourth-order valence-corrected chi connectivity index (χ4v) is 2.68. The molecule has 3 heterocycles. The Morgan fingerprint density at radius 1 is 1.12 bits per heavy atom. The summed E-state index contributed by atoms with van der Waals surface area (Å²) in [5.41, 5.74) is 2.15. The molecule has 7 nitrogen and oxygen atoms in total. The van der Waals surface area contributed by atoms with Crippen molar-refractivity contribution in [1.29, 1.82) is 0 Å². The van der Waals surface area contributed by atoms with Gasteiger partial charge in [0.2, 0.25) is 0 Å². The summed E-state index contributed by atoms with van der Waals surface area (Å²) in [4.78, 5) is 30.2. The summed E-state index contributed by atoms with van der Waals surface area (Å²) in [5, 5.41) is 2.45. The van der Waals surface area contributed by atoms with Crippen LogP contribution in [-0.4, -0.2) is 23.3 Å². The number of para-hydroxylation sites is 1. The van der Waals surface area contributed by atoms with E-state index in [2.05, 4.69) is 10.3 Å². The SMILES string of the molecule is O=C(Nc1nc(C(=O)N2CCc3ccccc32)co1)c1ccco1. The quantitative estimate of drug-likeness (QED) is 0.800. The van der Waals surface area contributed by atoms with Crippen LogP contribution in [0.5, 0.6) is 0 Å². The first-order valence-corrected chi connectivity index (χ1v) is 7.42. The standard InChI is InChI=1S/C17H13N3O4/c21-15(14-6-3-9-23-14)19-17-18-12(10-24-17)16(22)20-8-7-11-4-1-2-5-13(11)20/h1-6,9-10H,7-8H2,(H,18,19,21). The third-order valence-electron chi connectivity index (χ3n) is 3.82. The van der Waals surface area contributed by atoms with Gasteiger partial charge in [0.25, 0.3) is 11.8 Å². The number of rotatable bonds is 3. The Kier molecular flexibility index (Phi) is 3.38. The Morgan fingerprint density at radius 2 is 2.00 bits per heavy atom. The molecular formula is C17H13N3O4. The van der Waals surface area contributed by atoms with Crippen LogP contribution in [0.2, 0.25) is 0 Å². The highest BCUT2D eigenvalue weighted by atomic mass is 16.4. The van der Waals surface area contributed by atoms with Crippen molar-refractivity contribution in [3.05, 3.63) is 65.9 Å². The number of anilines is 2. The maximum absolute atomic E-state index is 12.6. The van der Waals surface area contributed by atoms with E-state index in [1.165, 1.54) is 18.6 Å². The van der Waals surface area contributed by atoms with Crippen molar-refractivity contribution in [1.82, 2.24) is 4.98 Å². The molecule has 1 aromatic carbocycles. The smallest absolute Gasteiger partial charge is 0.302 e. The van der Waals surface area contributed by atoms with Crippen LogP contribution in [0.3, 0.4) is 0 Å². The zero-order valence-electron chi connectivity index (χ0n) is 12.6. The Balaban J connectivity index is 1.51. The van der Waals surface area contributed by atoms with Crippen LogP contribution in [0.25, 0.3) is 0 Å². The van der Waals surface area contributed by atoms with Gasteiger partial charge in [0.05, 0.1) is 6.26 Å². The number of carbonyl (C=O) groups is 2. The minimum Gasteiger partial charge on any atom is -0.459 e. The van der Waals surface area contributed by atoms with Gasteiger partial charge < -0.3 is 13.7 Å². The van der Waals surface area contributed by atoms with E-state index in [1.807, 2.05) is 24.3 Å². The van der Waals surface area contributed by atoms with Crippen molar-refractivity contribution in [2.24, 2.45) is 0 Å². The highest BCUT2D eigenvalue weighted by Gasteiger charge is 2.27. The number of aromatic nitrogens is 1. The van der Waals surface area contributed by atoms with Crippen molar-refractivity contribution in [2.45, 2.75) is 6.42 Å². The van der Waals surface area contributed by atoms with Crippen LogP contribution in [0, 0.1) is 0 Å². The van der Waals surface area contributed by atoms with Gasteiger partial charge in [-0.3, -0.25) is 14.9 Å². The third kappa shape index (κ3) is 2.45. The van der Waals surface area contributed by atoms with E-state index in [0.717, 1.165) is 17.7 Å². The molecule has 120 valence electrons. The summed E-state index contributed by atoms with van der Waals surface area (Å²) in [6.07, 6.45) is 3.44.